The summed E-state index contributed by atoms with van der Waals surface area (Å²) in [6.07, 6.45) is 1.44. The van der Waals surface area contributed by atoms with Crippen LogP contribution in [-0.4, -0.2) is 17.2 Å². The highest BCUT2D eigenvalue weighted by atomic mass is 32.2. The van der Waals surface area contributed by atoms with Crippen LogP contribution in [0.25, 0.3) is 0 Å². The Kier molecular flexibility index (Phi) is 3.83. The van der Waals surface area contributed by atoms with Crippen LogP contribution in [0.5, 0.6) is 0 Å². The largest absolute Gasteiger partial charge is 0.411 e. The van der Waals surface area contributed by atoms with Gasteiger partial charge < -0.3 is 5.21 Å². The molecule has 13 heavy (non-hydrogen) atoms. The van der Waals surface area contributed by atoms with Crippen molar-refractivity contribution in [3.05, 3.63) is 29.3 Å². The van der Waals surface area contributed by atoms with Gasteiger partial charge in [-0.05, 0) is 29.9 Å². The van der Waals surface area contributed by atoms with Gasteiger partial charge in [0, 0.05) is 4.90 Å². The van der Waals surface area contributed by atoms with Gasteiger partial charge in [-0.15, -0.1) is 11.8 Å². The number of hydrogen-bond acceptors (Lipinski definition) is 3. The second-order valence-electron chi connectivity index (χ2n) is 2.70. The van der Waals surface area contributed by atoms with Crippen LogP contribution in [0.2, 0.25) is 0 Å². The molecule has 0 aliphatic rings. The minimum atomic E-state index is 0.934. The number of benzene rings is 1. The van der Waals surface area contributed by atoms with E-state index in [4.69, 9.17) is 5.21 Å². The fourth-order valence-corrected chi connectivity index (χ4v) is 1.90. The maximum absolute atomic E-state index is 8.37. The molecule has 0 saturated carbocycles. The summed E-state index contributed by atoms with van der Waals surface area (Å²) in [6.45, 7) is 4.20. The van der Waals surface area contributed by atoms with Gasteiger partial charge in [-0.1, -0.05) is 24.2 Å². The number of rotatable bonds is 3. The first-order valence-corrected chi connectivity index (χ1v) is 5.17. The number of hydrogen-bond donors (Lipinski definition) is 1. The Morgan fingerprint density at radius 1 is 1.54 bits per heavy atom. The van der Waals surface area contributed by atoms with Crippen molar-refractivity contribution in [1.82, 2.24) is 0 Å². The fraction of sp³-hybridized carbons (Fsp3) is 0.300. The summed E-state index contributed by atoms with van der Waals surface area (Å²) in [7, 11) is 0. The molecule has 0 fully saturated rings. The van der Waals surface area contributed by atoms with Crippen LogP contribution >= 0.6 is 11.8 Å². The maximum atomic E-state index is 8.37. The molecule has 0 bridgehead atoms. The standard InChI is InChI=1S/C10H13NOS/c1-3-13-10-6-9(7-11-12)5-4-8(10)2/h4-7,12H,3H2,1-2H3/b11-7+. The third kappa shape index (κ3) is 2.77. The van der Waals surface area contributed by atoms with Gasteiger partial charge in [-0.25, -0.2) is 0 Å². The molecule has 0 atom stereocenters. The Labute approximate surface area is 82.7 Å². The van der Waals surface area contributed by atoms with Crippen molar-refractivity contribution >= 4 is 18.0 Å². The Bertz CT molecular complexity index is 310. The van der Waals surface area contributed by atoms with Gasteiger partial charge in [0.1, 0.15) is 0 Å². The van der Waals surface area contributed by atoms with E-state index in [1.54, 1.807) is 11.8 Å². The molecule has 0 heterocycles. The molecule has 0 saturated heterocycles. The lowest BCUT2D eigenvalue weighted by molar-refractivity contribution is 0.322. The van der Waals surface area contributed by atoms with E-state index in [0.717, 1.165) is 11.3 Å². The predicted octanol–water partition coefficient (Wildman–Crippen LogP) is 2.92. The molecule has 1 rings (SSSR count). The van der Waals surface area contributed by atoms with Crippen molar-refractivity contribution in [3.8, 4) is 0 Å². The number of oxime groups is 1. The van der Waals surface area contributed by atoms with Gasteiger partial charge in [-0.2, -0.15) is 0 Å². The maximum Gasteiger partial charge on any atom is 0.0734 e. The van der Waals surface area contributed by atoms with Crippen LogP contribution in [0, 0.1) is 6.92 Å². The highest BCUT2D eigenvalue weighted by molar-refractivity contribution is 7.99. The highest BCUT2D eigenvalue weighted by Gasteiger charge is 1.98. The van der Waals surface area contributed by atoms with E-state index in [1.165, 1.54) is 16.7 Å². The van der Waals surface area contributed by atoms with Crippen molar-refractivity contribution in [2.45, 2.75) is 18.7 Å². The summed E-state index contributed by atoms with van der Waals surface area (Å²) in [5, 5.41) is 11.4. The van der Waals surface area contributed by atoms with Crippen LogP contribution in [0.1, 0.15) is 18.1 Å². The Morgan fingerprint density at radius 2 is 2.31 bits per heavy atom. The van der Waals surface area contributed by atoms with Crippen molar-refractivity contribution in [2.75, 3.05) is 5.75 Å². The summed E-state index contributed by atoms with van der Waals surface area (Å²) in [5.74, 6) is 1.06. The molecule has 0 spiro atoms. The molecule has 0 radical (unpaired) electrons. The van der Waals surface area contributed by atoms with E-state index in [9.17, 15) is 0 Å². The zero-order valence-corrected chi connectivity index (χ0v) is 8.64. The summed E-state index contributed by atoms with van der Waals surface area (Å²) in [4.78, 5) is 1.25. The molecular formula is C10H13NOS. The molecule has 3 heteroatoms. The zero-order valence-electron chi connectivity index (χ0n) is 7.82. The van der Waals surface area contributed by atoms with Crippen LogP contribution in [-0.2, 0) is 0 Å². The Morgan fingerprint density at radius 3 is 2.92 bits per heavy atom. The van der Waals surface area contributed by atoms with Gasteiger partial charge in [0.2, 0.25) is 0 Å². The van der Waals surface area contributed by atoms with Gasteiger partial charge in [0.15, 0.2) is 0 Å². The molecule has 0 aromatic heterocycles. The van der Waals surface area contributed by atoms with E-state index in [0.29, 0.717) is 0 Å². The summed E-state index contributed by atoms with van der Waals surface area (Å²) < 4.78 is 0. The van der Waals surface area contributed by atoms with Crippen molar-refractivity contribution < 1.29 is 5.21 Å². The Hall–Kier alpha value is -0.960. The minimum absolute atomic E-state index is 0.934. The average Bonchev–Trinajstić information content (AvgIpc) is 2.12. The molecule has 1 aromatic carbocycles. The van der Waals surface area contributed by atoms with E-state index >= 15 is 0 Å². The first-order chi connectivity index (χ1) is 6.27. The summed E-state index contributed by atoms with van der Waals surface area (Å²) in [5.41, 5.74) is 2.20. The zero-order chi connectivity index (χ0) is 9.68. The van der Waals surface area contributed by atoms with E-state index < -0.39 is 0 Å². The number of nitrogens with zero attached hydrogens (tertiary/aromatic N) is 1. The van der Waals surface area contributed by atoms with Crippen molar-refractivity contribution in [3.63, 3.8) is 0 Å². The normalized spacial score (nSPS) is 10.9. The molecule has 2 nitrogen and oxygen atoms in total. The second-order valence-corrected chi connectivity index (χ2v) is 4.01. The summed E-state index contributed by atoms with van der Waals surface area (Å²) >= 11 is 1.80. The van der Waals surface area contributed by atoms with Gasteiger partial charge in [0.05, 0.1) is 6.21 Å². The summed E-state index contributed by atoms with van der Waals surface area (Å²) in [6, 6.07) is 6.01. The molecule has 0 unspecified atom stereocenters. The lowest BCUT2D eigenvalue weighted by atomic mass is 10.2. The molecule has 0 aliphatic heterocycles. The Balaban J connectivity index is 2.96. The molecule has 0 aliphatic carbocycles. The van der Waals surface area contributed by atoms with Gasteiger partial charge >= 0.3 is 0 Å². The average molecular weight is 195 g/mol. The SMILES string of the molecule is CCSc1cc(/C=N/O)ccc1C. The van der Waals surface area contributed by atoms with Gasteiger partial charge in [-0.3, -0.25) is 0 Å². The monoisotopic (exact) mass is 195 g/mol. The van der Waals surface area contributed by atoms with E-state index in [2.05, 4.69) is 19.0 Å². The molecule has 1 N–H and O–H groups in total. The smallest absolute Gasteiger partial charge is 0.0734 e. The van der Waals surface area contributed by atoms with E-state index in [-0.39, 0.29) is 0 Å². The number of thioether (sulfide) groups is 1. The first-order valence-electron chi connectivity index (χ1n) is 4.18. The van der Waals surface area contributed by atoms with Crippen LogP contribution in [0.3, 0.4) is 0 Å². The third-order valence-electron chi connectivity index (χ3n) is 1.72. The molecule has 70 valence electrons. The van der Waals surface area contributed by atoms with Crippen LogP contribution < -0.4 is 0 Å². The number of aryl methyl sites for hydroxylation is 1. The lowest BCUT2D eigenvalue weighted by Gasteiger charge is -2.03. The van der Waals surface area contributed by atoms with Crippen molar-refractivity contribution in [2.24, 2.45) is 5.16 Å². The molecule has 1 aromatic rings. The topological polar surface area (TPSA) is 32.6 Å². The fourth-order valence-electron chi connectivity index (χ4n) is 1.07. The molecular weight excluding hydrogens is 182 g/mol. The van der Waals surface area contributed by atoms with E-state index in [1.807, 2.05) is 18.2 Å². The molecule has 0 amide bonds. The lowest BCUT2D eigenvalue weighted by Crippen LogP contribution is -1.85. The quantitative estimate of drug-likeness (QED) is 0.348. The van der Waals surface area contributed by atoms with Crippen LogP contribution in [0.4, 0.5) is 0 Å². The van der Waals surface area contributed by atoms with Gasteiger partial charge in [0.25, 0.3) is 0 Å². The highest BCUT2D eigenvalue weighted by Crippen LogP contribution is 2.22. The van der Waals surface area contributed by atoms with Crippen molar-refractivity contribution in [1.29, 1.82) is 0 Å². The van der Waals surface area contributed by atoms with Crippen LogP contribution in [0.15, 0.2) is 28.3 Å². The first kappa shape index (κ1) is 10.1. The predicted molar refractivity (Wildman–Crippen MR) is 57.0 cm³/mol. The minimum Gasteiger partial charge on any atom is -0.411 e. The second kappa shape index (κ2) is 4.92. The third-order valence-corrected chi connectivity index (χ3v) is 2.76.